The molecular formula is C19H34O3. The van der Waals surface area contributed by atoms with Crippen molar-refractivity contribution >= 4 is 0 Å². The molecule has 3 rings (SSSR count). The minimum Gasteiger partial charge on any atom is -0.393 e. The largest absolute Gasteiger partial charge is 0.393 e. The fourth-order valence-corrected chi connectivity index (χ4v) is 4.73. The first-order chi connectivity index (χ1) is 10.6. The van der Waals surface area contributed by atoms with Crippen molar-refractivity contribution in [3.63, 3.8) is 0 Å². The molecule has 3 nitrogen and oxygen atoms in total. The summed E-state index contributed by atoms with van der Waals surface area (Å²) < 4.78 is 11.3. The van der Waals surface area contributed by atoms with Crippen molar-refractivity contribution in [2.45, 2.75) is 89.9 Å². The molecule has 0 unspecified atom stereocenters. The molecule has 22 heavy (non-hydrogen) atoms. The van der Waals surface area contributed by atoms with Crippen LogP contribution in [0.5, 0.6) is 0 Å². The maximum Gasteiger partial charge on any atom is 0.0831 e. The van der Waals surface area contributed by atoms with E-state index in [1.54, 1.807) is 0 Å². The van der Waals surface area contributed by atoms with Gasteiger partial charge < -0.3 is 14.6 Å². The van der Waals surface area contributed by atoms with Gasteiger partial charge in [-0.15, -0.1) is 0 Å². The smallest absolute Gasteiger partial charge is 0.0831 e. The van der Waals surface area contributed by atoms with Gasteiger partial charge in [-0.05, 0) is 75.0 Å². The molecule has 1 atom stereocenters. The normalized spacial score (nSPS) is 39.7. The number of aliphatic hydroxyl groups is 1. The Kier molecular flexibility index (Phi) is 5.47. The zero-order valence-corrected chi connectivity index (χ0v) is 14.4. The fourth-order valence-electron chi connectivity index (χ4n) is 4.73. The van der Waals surface area contributed by atoms with Gasteiger partial charge in [0.15, 0.2) is 0 Å². The van der Waals surface area contributed by atoms with E-state index in [9.17, 15) is 5.11 Å². The highest BCUT2D eigenvalue weighted by Gasteiger charge is 2.40. The second-order valence-electron chi connectivity index (χ2n) is 8.42. The van der Waals surface area contributed by atoms with E-state index in [4.69, 9.17) is 9.47 Å². The van der Waals surface area contributed by atoms with Crippen LogP contribution in [0.15, 0.2) is 0 Å². The molecule has 0 amide bonds. The number of ether oxygens (including phenoxy) is 2. The van der Waals surface area contributed by atoms with E-state index in [0.29, 0.717) is 17.6 Å². The van der Waals surface area contributed by atoms with E-state index >= 15 is 0 Å². The van der Waals surface area contributed by atoms with E-state index in [1.807, 2.05) is 0 Å². The highest BCUT2D eigenvalue weighted by molar-refractivity contribution is 4.90. The number of rotatable bonds is 6. The summed E-state index contributed by atoms with van der Waals surface area (Å²) in [5, 5.41) is 9.74. The van der Waals surface area contributed by atoms with Crippen LogP contribution in [0.25, 0.3) is 0 Å². The summed E-state index contributed by atoms with van der Waals surface area (Å²) >= 11 is 0. The van der Waals surface area contributed by atoms with Gasteiger partial charge in [0.1, 0.15) is 0 Å². The molecule has 0 radical (unpaired) electrons. The first kappa shape index (κ1) is 16.7. The van der Waals surface area contributed by atoms with Crippen LogP contribution in [-0.2, 0) is 9.47 Å². The van der Waals surface area contributed by atoms with Crippen molar-refractivity contribution in [2.75, 3.05) is 13.2 Å². The molecule has 0 aromatic heterocycles. The van der Waals surface area contributed by atoms with Gasteiger partial charge in [0.25, 0.3) is 0 Å². The van der Waals surface area contributed by atoms with Crippen molar-refractivity contribution in [3.05, 3.63) is 0 Å². The Labute approximate surface area is 135 Å². The van der Waals surface area contributed by atoms with Crippen molar-refractivity contribution in [1.29, 1.82) is 0 Å². The molecule has 0 spiro atoms. The summed E-state index contributed by atoms with van der Waals surface area (Å²) in [5.41, 5.74) is 0.424. The van der Waals surface area contributed by atoms with E-state index in [1.165, 1.54) is 38.5 Å². The highest BCUT2D eigenvalue weighted by atomic mass is 16.6. The number of hydrogen-bond donors (Lipinski definition) is 1. The van der Waals surface area contributed by atoms with E-state index in [-0.39, 0.29) is 6.10 Å². The van der Waals surface area contributed by atoms with Crippen molar-refractivity contribution in [2.24, 2.45) is 17.3 Å². The van der Waals surface area contributed by atoms with Gasteiger partial charge in [-0.2, -0.15) is 0 Å². The van der Waals surface area contributed by atoms with E-state index in [2.05, 4.69) is 13.8 Å². The molecule has 1 aliphatic heterocycles. The van der Waals surface area contributed by atoms with Gasteiger partial charge in [-0.1, -0.05) is 13.8 Å². The standard InChI is InChI=1S/C19H34O3/c1-19(2,14-3-7-16(20)8-4-14)15-5-9-17(10-6-15)21-12-11-18-13-22-18/h14-18,20H,3-13H2,1-2H3/t14?,15?,16?,17?,18-/m0/s1. The van der Waals surface area contributed by atoms with Gasteiger partial charge in [0, 0.05) is 6.61 Å². The highest BCUT2D eigenvalue weighted by Crippen LogP contribution is 2.48. The minimum absolute atomic E-state index is 0.0355. The summed E-state index contributed by atoms with van der Waals surface area (Å²) in [4.78, 5) is 0. The maximum absolute atomic E-state index is 9.74. The lowest BCUT2D eigenvalue weighted by molar-refractivity contribution is -0.0246. The molecule has 2 saturated carbocycles. The Morgan fingerprint density at radius 1 is 0.955 bits per heavy atom. The van der Waals surface area contributed by atoms with Gasteiger partial charge in [-0.25, -0.2) is 0 Å². The Morgan fingerprint density at radius 2 is 1.50 bits per heavy atom. The van der Waals surface area contributed by atoms with Crippen LogP contribution in [-0.4, -0.2) is 36.6 Å². The molecule has 0 bridgehead atoms. The summed E-state index contributed by atoms with van der Waals surface area (Å²) in [6, 6.07) is 0. The predicted octanol–water partition coefficient (Wildman–Crippen LogP) is 3.93. The van der Waals surface area contributed by atoms with Crippen LogP contribution < -0.4 is 0 Å². The third kappa shape index (κ3) is 4.24. The monoisotopic (exact) mass is 310 g/mol. The summed E-state index contributed by atoms with van der Waals surface area (Å²) in [7, 11) is 0. The van der Waals surface area contributed by atoms with Crippen LogP contribution in [0, 0.1) is 17.3 Å². The van der Waals surface area contributed by atoms with Crippen molar-refractivity contribution in [1.82, 2.24) is 0 Å². The number of epoxide rings is 1. The van der Waals surface area contributed by atoms with Gasteiger partial charge >= 0.3 is 0 Å². The van der Waals surface area contributed by atoms with E-state index < -0.39 is 0 Å². The predicted molar refractivity (Wildman–Crippen MR) is 87.8 cm³/mol. The zero-order chi connectivity index (χ0) is 15.6. The second-order valence-corrected chi connectivity index (χ2v) is 8.42. The first-order valence-corrected chi connectivity index (χ1v) is 9.47. The average Bonchev–Trinajstić information content (AvgIpc) is 3.32. The lowest BCUT2D eigenvalue weighted by atomic mass is 9.60. The summed E-state index contributed by atoms with van der Waals surface area (Å²) in [6.07, 6.45) is 11.6. The molecule has 0 aromatic rings. The summed E-state index contributed by atoms with van der Waals surface area (Å²) in [5.74, 6) is 1.63. The van der Waals surface area contributed by atoms with Gasteiger partial charge in [0.2, 0.25) is 0 Å². The minimum atomic E-state index is -0.0355. The van der Waals surface area contributed by atoms with Crippen molar-refractivity contribution in [3.8, 4) is 0 Å². The molecule has 3 fully saturated rings. The van der Waals surface area contributed by atoms with Crippen LogP contribution in [0.2, 0.25) is 0 Å². The molecule has 3 heteroatoms. The lowest BCUT2D eigenvalue weighted by Crippen LogP contribution is -2.38. The molecule has 128 valence electrons. The molecule has 0 aromatic carbocycles. The lowest BCUT2D eigenvalue weighted by Gasteiger charge is -2.46. The average molecular weight is 310 g/mol. The molecule has 2 aliphatic carbocycles. The molecule has 1 saturated heterocycles. The molecular weight excluding hydrogens is 276 g/mol. The van der Waals surface area contributed by atoms with Crippen LogP contribution in [0.1, 0.15) is 71.6 Å². The molecule has 3 aliphatic rings. The first-order valence-electron chi connectivity index (χ1n) is 9.47. The Bertz CT molecular complexity index is 335. The SMILES string of the molecule is CC(C)(C1CCC(O)CC1)C1CCC(OCC[C@H]2CO2)CC1. The second kappa shape index (κ2) is 7.19. The topological polar surface area (TPSA) is 42.0 Å². The van der Waals surface area contributed by atoms with Crippen LogP contribution in [0.3, 0.4) is 0 Å². The van der Waals surface area contributed by atoms with Gasteiger partial charge in [-0.3, -0.25) is 0 Å². The maximum atomic E-state index is 9.74. The Morgan fingerprint density at radius 3 is 2.05 bits per heavy atom. The third-order valence-corrected chi connectivity index (χ3v) is 6.67. The zero-order valence-electron chi connectivity index (χ0n) is 14.4. The quantitative estimate of drug-likeness (QED) is 0.756. The van der Waals surface area contributed by atoms with Crippen molar-refractivity contribution < 1.29 is 14.6 Å². The van der Waals surface area contributed by atoms with Gasteiger partial charge in [0.05, 0.1) is 24.9 Å². The fraction of sp³-hybridized carbons (Fsp3) is 1.00. The number of aliphatic hydroxyl groups excluding tert-OH is 1. The van der Waals surface area contributed by atoms with E-state index in [0.717, 1.165) is 44.3 Å². The third-order valence-electron chi connectivity index (χ3n) is 6.67. The molecule has 1 heterocycles. The Hall–Kier alpha value is -0.120. The van der Waals surface area contributed by atoms with Crippen LogP contribution >= 0.6 is 0 Å². The summed E-state index contributed by atoms with van der Waals surface area (Å²) in [6.45, 7) is 6.78. The number of hydrogen-bond acceptors (Lipinski definition) is 3. The van der Waals surface area contributed by atoms with Crippen LogP contribution in [0.4, 0.5) is 0 Å². The Balaban J connectivity index is 1.41. The molecule has 1 N–H and O–H groups in total.